The number of fused-ring (bicyclic) bond motifs is 7. The molecule has 7 rings (SSSR count). The molecule has 3 aliphatic heterocycles. The second kappa shape index (κ2) is 7.60. The van der Waals surface area contributed by atoms with E-state index in [-0.39, 0.29) is 11.8 Å². The van der Waals surface area contributed by atoms with Crippen LogP contribution in [-0.2, 0) is 14.3 Å². The number of rotatable bonds is 5. The number of nitriles is 1. The molecule has 0 unspecified atom stereocenters. The Morgan fingerprint density at radius 2 is 1.81 bits per heavy atom. The van der Waals surface area contributed by atoms with Gasteiger partial charge in [0.05, 0.1) is 47.0 Å². The van der Waals surface area contributed by atoms with Crippen molar-refractivity contribution in [3.8, 4) is 11.8 Å². The van der Waals surface area contributed by atoms with Crippen LogP contribution in [0.25, 0.3) is 21.8 Å². The second-order valence-corrected chi connectivity index (χ2v) is 10.2. The zero-order valence-electron chi connectivity index (χ0n) is 20.0. The molecule has 3 saturated heterocycles. The molecule has 0 aliphatic carbocycles. The highest BCUT2D eigenvalue weighted by Gasteiger charge is 2.73. The molecule has 9 nitrogen and oxygen atoms in total. The highest BCUT2D eigenvalue weighted by Crippen LogP contribution is 2.62. The first kappa shape index (κ1) is 21.9. The standard InChI is InChI=1S/C28H22N4O5/c1-27-10-11-28(36-27,12-13-35-17-7-8-20-21(14-17)31-37-30-20)24-23(27)25(33)32(26(24)34)22-9-6-16(15-29)18-4-2-3-5-19(18)22/h2-9,14,23-24H,10-13H2,1H3/t23-,24+,27-,28-/m0/s1. The second-order valence-electron chi connectivity index (χ2n) is 10.2. The minimum absolute atomic E-state index is 0.237. The average molecular weight is 495 g/mol. The van der Waals surface area contributed by atoms with Crippen molar-refractivity contribution in [3.63, 3.8) is 0 Å². The number of carbonyl (C=O) groups is 2. The molecule has 0 saturated carbocycles. The van der Waals surface area contributed by atoms with Crippen LogP contribution in [0, 0.1) is 23.2 Å². The quantitative estimate of drug-likeness (QED) is 0.380. The van der Waals surface area contributed by atoms with Crippen molar-refractivity contribution >= 4 is 39.3 Å². The van der Waals surface area contributed by atoms with Crippen LogP contribution in [0.3, 0.4) is 0 Å². The van der Waals surface area contributed by atoms with Gasteiger partial charge in [0, 0.05) is 23.3 Å². The summed E-state index contributed by atoms with van der Waals surface area (Å²) in [6.07, 6.45) is 1.85. The van der Waals surface area contributed by atoms with Crippen molar-refractivity contribution in [2.24, 2.45) is 11.8 Å². The van der Waals surface area contributed by atoms with E-state index in [1.54, 1.807) is 30.3 Å². The van der Waals surface area contributed by atoms with Gasteiger partial charge in [0.15, 0.2) is 0 Å². The summed E-state index contributed by atoms with van der Waals surface area (Å²) in [5.74, 6) is -1.00. The van der Waals surface area contributed by atoms with E-state index in [0.29, 0.717) is 64.7 Å². The topological polar surface area (TPSA) is 119 Å². The third-order valence-electron chi connectivity index (χ3n) is 8.29. The Bertz CT molecular complexity index is 1660. The van der Waals surface area contributed by atoms with Gasteiger partial charge in [-0.05, 0) is 54.3 Å². The molecule has 3 aromatic carbocycles. The van der Waals surface area contributed by atoms with Gasteiger partial charge >= 0.3 is 0 Å². The lowest BCUT2D eigenvalue weighted by Crippen LogP contribution is -2.43. The minimum Gasteiger partial charge on any atom is -0.493 e. The zero-order valence-corrected chi connectivity index (χ0v) is 20.0. The van der Waals surface area contributed by atoms with E-state index < -0.39 is 23.0 Å². The fourth-order valence-corrected chi connectivity index (χ4v) is 6.62. The SMILES string of the molecule is C[C@@]12CC[C@@](CCOc3ccc4nonc4c3)(O1)[C@H]1C(=O)N(c3ccc(C#N)c4ccccc34)C(=O)[C@H]12. The van der Waals surface area contributed by atoms with Gasteiger partial charge in [-0.2, -0.15) is 5.26 Å². The van der Waals surface area contributed by atoms with E-state index in [9.17, 15) is 14.9 Å². The first-order chi connectivity index (χ1) is 17.9. The lowest BCUT2D eigenvalue weighted by Gasteiger charge is -2.31. The largest absolute Gasteiger partial charge is 0.493 e. The lowest BCUT2D eigenvalue weighted by molar-refractivity contribution is -0.131. The van der Waals surface area contributed by atoms with E-state index in [1.807, 2.05) is 31.2 Å². The van der Waals surface area contributed by atoms with Crippen molar-refractivity contribution in [3.05, 3.63) is 60.2 Å². The summed E-state index contributed by atoms with van der Waals surface area (Å²) < 4.78 is 17.3. The van der Waals surface area contributed by atoms with Crippen LogP contribution in [-0.4, -0.2) is 39.9 Å². The van der Waals surface area contributed by atoms with E-state index >= 15 is 0 Å². The van der Waals surface area contributed by atoms with Crippen molar-refractivity contribution < 1.29 is 23.7 Å². The van der Waals surface area contributed by atoms with Gasteiger partial charge in [-0.3, -0.25) is 9.59 Å². The van der Waals surface area contributed by atoms with Crippen molar-refractivity contribution in [1.82, 2.24) is 10.3 Å². The lowest BCUT2D eigenvalue weighted by atomic mass is 9.67. The van der Waals surface area contributed by atoms with Gasteiger partial charge in [-0.15, -0.1) is 0 Å². The number of anilines is 1. The number of hydrogen-bond acceptors (Lipinski definition) is 8. The summed E-state index contributed by atoms with van der Waals surface area (Å²) in [4.78, 5) is 29.1. The van der Waals surface area contributed by atoms with Crippen LogP contribution < -0.4 is 9.64 Å². The number of benzene rings is 3. The number of amides is 2. The van der Waals surface area contributed by atoms with Crippen molar-refractivity contribution in [2.75, 3.05) is 11.5 Å². The molecule has 3 fully saturated rings. The van der Waals surface area contributed by atoms with Crippen LogP contribution in [0.5, 0.6) is 5.75 Å². The summed E-state index contributed by atoms with van der Waals surface area (Å²) in [6.45, 7) is 2.26. The predicted molar refractivity (Wildman–Crippen MR) is 132 cm³/mol. The highest BCUT2D eigenvalue weighted by atomic mass is 16.6. The van der Waals surface area contributed by atoms with Gasteiger partial charge in [0.2, 0.25) is 11.8 Å². The van der Waals surface area contributed by atoms with Gasteiger partial charge in [0.25, 0.3) is 0 Å². The number of imide groups is 1. The van der Waals surface area contributed by atoms with Crippen LogP contribution in [0.4, 0.5) is 5.69 Å². The molecule has 37 heavy (non-hydrogen) atoms. The molecule has 9 heteroatoms. The Labute approximate surface area is 211 Å². The smallest absolute Gasteiger partial charge is 0.240 e. The number of carbonyl (C=O) groups excluding carboxylic acids is 2. The normalized spacial score (nSPS) is 28.3. The molecule has 0 spiro atoms. The maximum atomic E-state index is 14.0. The molecule has 0 N–H and O–H groups in total. The van der Waals surface area contributed by atoms with E-state index in [4.69, 9.17) is 14.1 Å². The first-order valence-corrected chi connectivity index (χ1v) is 12.3. The third kappa shape index (κ3) is 2.99. The molecule has 4 atom stereocenters. The molecule has 0 radical (unpaired) electrons. The summed E-state index contributed by atoms with van der Waals surface area (Å²) in [6, 6.07) is 18.3. The Balaban J connectivity index is 1.20. The minimum atomic E-state index is -0.775. The highest BCUT2D eigenvalue weighted by molar-refractivity contribution is 6.26. The van der Waals surface area contributed by atoms with Crippen LogP contribution in [0.1, 0.15) is 31.7 Å². The van der Waals surface area contributed by atoms with Crippen molar-refractivity contribution in [2.45, 2.75) is 37.4 Å². The maximum Gasteiger partial charge on any atom is 0.240 e. The summed E-state index contributed by atoms with van der Waals surface area (Å²) in [5.41, 5.74) is 0.779. The predicted octanol–water partition coefficient (Wildman–Crippen LogP) is 4.14. The monoisotopic (exact) mass is 494 g/mol. The Kier molecular flexibility index (Phi) is 4.51. The number of nitrogens with zero attached hydrogens (tertiary/aromatic N) is 4. The fourth-order valence-electron chi connectivity index (χ4n) is 6.62. The maximum absolute atomic E-state index is 14.0. The van der Waals surface area contributed by atoms with Crippen molar-refractivity contribution in [1.29, 1.82) is 5.26 Å². The van der Waals surface area contributed by atoms with E-state index in [2.05, 4.69) is 16.4 Å². The molecule has 2 amide bonds. The van der Waals surface area contributed by atoms with Crippen LogP contribution >= 0.6 is 0 Å². The van der Waals surface area contributed by atoms with Crippen LogP contribution in [0.15, 0.2) is 59.2 Å². The van der Waals surface area contributed by atoms with Gasteiger partial charge in [-0.25, -0.2) is 9.53 Å². The Hall–Kier alpha value is -4.29. The molecular weight excluding hydrogens is 472 g/mol. The Morgan fingerprint density at radius 3 is 2.65 bits per heavy atom. The van der Waals surface area contributed by atoms with E-state index in [0.717, 1.165) is 0 Å². The number of hydrogen-bond donors (Lipinski definition) is 0. The molecule has 4 aromatic rings. The molecule has 184 valence electrons. The van der Waals surface area contributed by atoms with Crippen LogP contribution in [0.2, 0.25) is 0 Å². The molecule has 3 aliphatic rings. The van der Waals surface area contributed by atoms with Gasteiger partial charge in [-0.1, -0.05) is 24.3 Å². The molecule has 4 heterocycles. The molecular formula is C28H22N4O5. The number of aromatic nitrogens is 2. The summed E-state index contributed by atoms with van der Waals surface area (Å²) in [7, 11) is 0. The fraction of sp³-hybridized carbons (Fsp3) is 0.321. The summed E-state index contributed by atoms with van der Waals surface area (Å²) in [5, 5.41) is 18.6. The zero-order chi connectivity index (χ0) is 25.4. The van der Waals surface area contributed by atoms with Gasteiger partial charge < -0.3 is 9.47 Å². The number of ether oxygens (including phenoxy) is 2. The first-order valence-electron chi connectivity index (χ1n) is 12.3. The van der Waals surface area contributed by atoms with E-state index in [1.165, 1.54) is 4.90 Å². The third-order valence-corrected chi connectivity index (χ3v) is 8.29. The summed E-state index contributed by atoms with van der Waals surface area (Å²) >= 11 is 0. The average Bonchev–Trinajstić information content (AvgIpc) is 3.63. The molecule has 2 bridgehead atoms. The van der Waals surface area contributed by atoms with Gasteiger partial charge in [0.1, 0.15) is 16.8 Å². The molecule has 1 aromatic heterocycles. The Morgan fingerprint density at radius 1 is 1.03 bits per heavy atom.